The summed E-state index contributed by atoms with van der Waals surface area (Å²) in [6.45, 7) is 0. The van der Waals surface area contributed by atoms with Crippen molar-refractivity contribution in [2.24, 2.45) is 11.5 Å². The molecule has 0 saturated carbocycles. The Morgan fingerprint density at radius 3 is 2.45 bits per heavy atom. The van der Waals surface area contributed by atoms with Crippen LogP contribution in [0.1, 0.15) is 19.3 Å². The maximum Gasteiger partial charge on any atom is 0.303 e. The van der Waals surface area contributed by atoms with Gasteiger partial charge in [0, 0.05) is 6.42 Å². The topological polar surface area (TPSA) is 89.3 Å². The predicted molar refractivity (Wildman–Crippen MR) is 38.5 cm³/mol. The molecule has 11 heavy (non-hydrogen) atoms. The minimum absolute atomic E-state index is 0.0346. The van der Waals surface area contributed by atoms with Crippen LogP contribution in [0.15, 0.2) is 0 Å². The van der Waals surface area contributed by atoms with Gasteiger partial charge >= 0.3 is 5.97 Å². The van der Waals surface area contributed by atoms with Crippen LogP contribution in [-0.2, 0) is 4.79 Å². The zero-order valence-corrected chi connectivity index (χ0v) is 6.16. The van der Waals surface area contributed by atoms with Crippen molar-refractivity contribution < 1.29 is 14.3 Å². The molecule has 0 aromatic heterocycles. The van der Waals surface area contributed by atoms with Crippen molar-refractivity contribution in [1.82, 2.24) is 0 Å². The van der Waals surface area contributed by atoms with E-state index in [-0.39, 0.29) is 19.3 Å². The Labute approximate surface area is 64.4 Å². The van der Waals surface area contributed by atoms with Crippen molar-refractivity contribution >= 4 is 5.97 Å². The Balaban J connectivity index is 3.31. The number of halogens is 1. The van der Waals surface area contributed by atoms with E-state index in [1.54, 1.807) is 0 Å². The lowest BCUT2D eigenvalue weighted by molar-refractivity contribution is -0.137. The standard InChI is InChI=1S/C6H13FN2O2/c7-4(6(8)9)2-1-3-5(10)11/h4,6H,1-3,8-9H2,(H,10,11). The first kappa shape index (κ1) is 10.3. The molecular formula is C6H13FN2O2. The van der Waals surface area contributed by atoms with Gasteiger partial charge in [-0.1, -0.05) is 0 Å². The summed E-state index contributed by atoms with van der Waals surface area (Å²) in [5.74, 6) is -0.928. The molecule has 0 amide bonds. The van der Waals surface area contributed by atoms with E-state index >= 15 is 0 Å². The Hall–Kier alpha value is -0.680. The largest absolute Gasteiger partial charge is 0.481 e. The highest BCUT2D eigenvalue weighted by Gasteiger charge is 2.11. The molecule has 0 aliphatic carbocycles. The summed E-state index contributed by atoms with van der Waals surface area (Å²) in [5.41, 5.74) is 10.0. The third-order valence-electron chi connectivity index (χ3n) is 1.29. The fourth-order valence-corrected chi connectivity index (χ4v) is 0.641. The third kappa shape index (κ3) is 5.75. The van der Waals surface area contributed by atoms with Crippen LogP contribution in [0.3, 0.4) is 0 Å². The summed E-state index contributed by atoms with van der Waals surface area (Å²) >= 11 is 0. The number of aliphatic carboxylic acids is 1. The minimum atomic E-state index is -1.30. The summed E-state index contributed by atoms with van der Waals surface area (Å²) in [6, 6.07) is 0. The molecule has 0 aliphatic rings. The fraction of sp³-hybridized carbons (Fsp3) is 0.833. The molecule has 0 aliphatic heterocycles. The molecule has 1 unspecified atom stereocenters. The summed E-state index contributed by atoms with van der Waals surface area (Å²) in [4.78, 5) is 9.97. The molecular weight excluding hydrogens is 151 g/mol. The van der Waals surface area contributed by atoms with Crippen molar-refractivity contribution in [3.63, 3.8) is 0 Å². The van der Waals surface area contributed by atoms with Crippen molar-refractivity contribution in [3.8, 4) is 0 Å². The average Bonchev–Trinajstić information content (AvgIpc) is 1.86. The van der Waals surface area contributed by atoms with Gasteiger partial charge in [0.1, 0.15) is 6.17 Å². The Kier molecular flexibility index (Phi) is 4.72. The molecule has 0 aromatic rings. The monoisotopic (exact) mass is 164 g/mol. The molecule has 1 atom stereocenters. The summed E-state index contributed by atoms with van der Waals surface area (Å²) in [5, 5.41) is 8.18. The molecule has 66 valence electrons. The van der Waals surface area contributed by atoms with Gasteiger partial charge in [-0.25, -0.2) is 4.39 Å². The molecule has 5 N–H and O–H groups in total. The Bertz CT molecular complexity index is 130. The van der Waals surface area contributed by atoms with Crippen LogP contribution in [0, 0.1) is 0 Å². The van der Waals surface area contributed by atoms with Gasteiger partial charge in [-0.3, -0.25) is 4.79 Å². The van der Waals surface area contributed by atoms with E-state index in [9.17, 15) is 9.18 Å². The van der Waals surface area contributed by atoms with Crippen LogP contribution in [0.2, 0.25) is 0 Å². The van der Waals surface area contributed by atoms with E-state index in [2.05, 4.69) is 0 Å². The van der Waals surface area contributed by atoms with Crippen LogP contribution < -0.4 is 11.5 Å². The molecule has 0 saturated heterocycles. The second-order valence-electron chi connectivity index (χ2n) is 2.38. The lowest BCUT2D eigenvalue weighted by Crippen LogP contribution is -2.40. The predicted octanol–water partition coefficient (Wildman–Crippen LogP) is -0.177. The van der Waals surface area contributed by atoms with Gasteiger partial charge in [-0.05, 0) is 12.8 Å². The average molecular weight is 164 g/mol. The van der Waals surface area contributed by atoms with Gasteiger partial charge in [0.05, 0.1) is 6.17 Å². The van der Waals surface area contributed by atoms with Gasteiger partial charge in [0.15, 0.2) is 0 Å². The number of alkyl halides is 1. The Morgan fingerprint density at radius 1 is 1.55 bits per heavy atom. The van der Waals surface area contributed by atoms with Crippen molar-refractivity contribution in [2.75, 3.05) is 0 Å². The van der Waals surface area contributed by atoms with Crippen LogP contribution >= 0.6 is 0 Å². The number of nitrogens with two attached hydrogens (primary N) is 2. The maximum absolute atomic E-state index is 12.5. The quantitative estimate of drug-likeness (QED) is 0.492. The number of carboxylic acids is 1. The molecule has 4 nitrogen and oxygen atoms in total. The SMILES string of the molecule is NC(N)C(F)CCCC(=O)O. The van der Waals surface area contributed by atoms with Crippen molar-refractivity contribution in [3.05, 3.63) is 0 Å². The molecule has 0 aromatic carbocycles. The van der Waals surface area contributed by atoms with E-state index in [4.69, 9.17) is 16.6 Å². The maximum atomic E-state index is 12.5. The minimum Gasteiger partial charge on any atom is -0.481 e. The summed E-state index contributed by atoms with van der Waals surface area (Å²) in [7, 11) is 0. The summed E-state index contributed by atoms with van der Waals surface area (Å²) in [6.07, 6.45) is -1.93. The van der Waals surface area contributed by atoms with E-state index in [1.807, 2.05) is 0 Å². The molecule has 0 bridgehead atoms. The van der Waals surface area contributed by atoms with Gasteiger partial charge in [0.25, 0.3) is 0 Å². The van der Waals surface area contributed by atoms with Crippen LogP contribution in [-0.4, -0.2) is 23.4 Å². The van der Waals surface area contributed by atoms with Crippen molar-refractivity contribution in [2.45, 2.75) is 31.6 Å². The lowest BCUT2D eigenvalue weighted by atomic mass is 10.1. The van der Waals surface area contributed by atoms with Gasteiger partial charge in [-0.15, -0.1) is 0 Å². The van der Waals surface area contributed by atoms with Crippen molar-refractivity contribution in [1.29, 1.82) is 0 Å². The smallest absolute Gasteiger partial charge is 0.303 e. The summed E-state index contributed by atoms with van der Waals surface area (Å²) < 4.78 is 12.5. The first-order valence-electron chi connectivity index (χ1n) is 3.41. The molecule has 5 heteroatoms. The Morgan fingerprint density at radius 2 is 2.09 bits per heavy atom. The first-order valence-corrected chi connectivity index (χ1v) is 3.41. The van der Waals surface area contributed by atoms with E-state index in [0.717, 1.165) is 0 Å². The van der Waals surface area contributed by atoms with Crippen LogP contribution in [0.4, 0.5) is 4.39 Å². The van der Waals surface area contributed by atoms with Gasteiger partial charge < -0.3 is 16.6 Å². The zero-order valence-electron chi connectivity index (χ0n) is 6.16. The molecule has 0 rings (SSSR count). The van der Waals surface area contributed by atoms with Gasteiger partial charge in [0.2, 0.25) is 0 Å². The number of hydrogen-bond donors (Lipinski definition) is 3. The van der Waals surface area contributed by atoms with Gasteiger partial charge in [-0.2, -0.15) is 0 Å². The molecule has 0 spiro atoms. The molecule has 0 fully saturated rings. The first-order chi connectivity index (χ1) is 5.04. The highest BCUT2D eigenvalue weighted by molar-refractivity contribution is 5.66. The highest BCUT2D eigenvalue weighted by atomic mass is 19.1. The second kappa shape index (κ2) is 5.03. The normalized spacial score (nSPS) is 13.5. The number of rotatable bonds is 5. The van der Waals surface area contributed by atoms with Crippen LogP contribution in [0.25, 0.3) is 0 Å². The van der Waals surface area contributed by atoms with E-state index in [0.29, 0.717) is 0 Å². The van der Waals surface area contributed by atoms with Crippen LogP contribution in [0.5, 0.6) is 0 Å². The highest BCUT2D eigenvalue weighted by Crippen LogP contribution is 2.04. The zero-order chi connectivity index (χ0) is 8.85. The number of carbonyl (C=O) groups is 1. The van der Waals surface area contributed by atoms with E-state index in [1.165, 1.54) is 0 Å². The molecule has 0 heterocycles. The lowest BCUT2D eigenvalue weighted by Gasteiger charge is -2.09. The number of hydrogen-bond acceptors (Lipinski definition) is 3. The third-order valence-corrected chi connectivity index (χ3v) is 1.29. The fourth-order valence-electron chi connectivity index (χ4n) is 0.641. The molecule has 0 radical (unpaired) electrons. The number of carboxylic acid groups (broad SMARTS) is 1. The van der Waals surface area contributed by atoms with E-state index < -0.39 is 18.3 Å². The second-order valence-corrected chi connectivity index (χ2v) is 2.38.